The van der Waals surface area contributed by atoms with Crippen LogP contribution in [0.5, 0.6) is 0 Å². The monoisotopic (exact) mass is 270 g/mol. The maximum atomic E-state index is 8.59. The van der Waals surface area contributed by atoms with Gasteiger partial charge >= 0.3 is 0 Å². The Morgan fingerprint density at radius 2 is 1.88 bits per heavy atom. The minimum Gasteiger partial charge on any atom is -0.382 e. The van der Waals surface area contributed by atoms with E-state index in [2.05, 4.69) is 25.2 Å². The first-order valence-corrected chi connectivity index (χ1v) is 6.27. The molecular weight excluding hydrogens is 255 g/mol. The molecule has 0 atom stereocenters. The zero-order chi connectivity index (χ0) is 12.9. The normalized spacial score (nSPS) is 11.0. The maximum absolute atomic E-state index is 8.59. The molecule has 1 aromatic rings. The SMILES string of the molecule is CC(C)(CCC#N)CNc1c(Cl)cccc1Cl. The fraction of sp³-hybridized carbons (Fsp3) is 0.462. The van der Waals surface area contributed by atoms with E-state index in [4.69, 9.17) is 28.5 Å². The van der Waals surface area contributed by atoms with E-state index < -0.39 is 0 Å². The molecule has 0 aliphatic carbocycles. The van der Waals surface area contributed by atoms with Crippen molar-refractivity contribution in [1.29, 1.82) is 5.26 Å². The van der Waals surface area contributed by atoms with Gasteiger partial charge in [0.2, 0.25) is 0 Å². The van der Waals surface area contributed by atoms with Crippen LogP contribution in [0.1, 0.15) is 26.7 Å². The Labute approximate surface area is 113 Å². The van der Waals surface area contributed by atoms with Crippen molar-refractivity contribution in [2.45, 2.75) is 26.7 Å². The number of rotatable bonds is 5. The first-order chi connectivity index (χ1) is 7.96. The molecule has 17 heavy (non-hydrogen) atoms. The summed E-state index contributed by atoms with van der Waals surface area (Å²) in [6.07, 6.45) is 1.41. The molecule has 1 N–H and O–H groups in total. The van der Waals surface area contributed by atoms with Crippen molar-refractivity contribution < 1.29 is 0 Å². The molecule has 0 fully saturated rings. The summed E-state index contributed by atoms with van der Waals surface area (Å²) in [7, 11) is 0. The van der Waals surface area contributed by atoms with E-state index in [1.807, 2.05) is 6.07 Å². The van der Waals surface area contributed by atoms with Crippen LogP contribution in [0.3, 0.4) is 0 Å². The lowest BCUT2D eigenvalue weighted by molar-refractivity contribution is 0.364. The van der Waals surface area contributed by atoms with Gasteiger partial charge in [-0.3, -0.25) is 0 Å². The minimum absolute atomic E-state index is 0.0399. The van der Waals surface area contributed by atoms with E-state index in [1.165, 1.54) is 0 Å². The summed E-state index contributed by atoms with van der Waals surface area (Å²) >= 11 is 12.1. The molecule has 92 valence electrons. The van der Waals surface area contributed by atoms with Gasteiger partial charge in [-0.15, -0.1) is 0 Å². The standard InChI is InChI=1S/C13H16Cl2N2/c1-13(2,7-4-8-16)9-17-12-10(14)5-3-6-11(12)15/h3,5-6,17H,4,7,9H2,1-2H3. The van der Waals surface area contributed by atoms with Crippen LogP contribution in [0.4, 0.5) is 5.69 Å². The molecule has 0 amide bonds. The Bertz CT molecular complexity index is 402. The molecule has 0 unspecified atom stereocenters. The second-order valence-electron chi connectivity index (χ2n) is 4.77. The topological polar surface area (TPSA) is 35.8 Å². The minimum atomic E-state index is 0.0399. The molecule has 2 nitrogen and oxygen atoms in total. The maximum Gasteiger partial charge on any atom is 0.0719 e. The lowest BCUT2D eigenvalue weighted by Crippen LogP contribution is -2.23. The lowest BCUT2D eigenvalue weighted by atomic mass is 9.88. The van der Waals surface area contributed by atoms with Crippen LogP contribution in [0.15, 0.2) is 18.2 Å². The van der Waals surface area contributed by atoms with Crippen LogP contribution in [0.2, 0.25) is 10.0 Å². The molecule has 0 radical (unpaired) electrons. The van der Waals surface area contributed by atoms with Gasteiger partial charge in [-0.05, 0) is 24.0 Å². The summed E-state index contributed by atoms with van der Waals surface area (Å²) in [5.74, 6) is 0. The first-order valence-electron chi connectivity index (χ1n) is 5.51. The second-order valence-corrected chi connectivity index (χ2v) is 5.59. The predicted molar refractivity (Wildman–Crippen MR) is 73.6 cm³/mol. The fourth-order valence-electron chi connectivity index (χ4n) is 1.48. The number of para-hydroxylation sites is 1. The molecule has 0 aromatic heterocycles. The van der Waals surface area contributed by atoms with Crippen LogP contribution < -0.4 is 5.32 Å². The third kappa shape index (κ3) is 4.46. The summed E-state index contributed by atoms with van der Waals surface area (Å²) in [6.45, 7) is 4.96. The Hall–Kier alpha value is -0.910. The summed E-state index contributed by atoms with van der Waals surface area (Å²) in [6, 6.07) is 7.59. The molecule has 0 aliphatic heterocycles. The van der Waals surface area contributed by atoms with Crippen LogP contribution in [-0.2, 0) is 0 Å². The van der Waals surface area contributed by atoms with Crippen LogP contribution in [0, 0.1) is 16.7 Å². The van der Waals surface area contributed by atoms with E-state index in [-0.39, 0.29) is 5.41 Å². The van der Waals surface area contributed by atoms with Gasteiger partial charge in [-0.25, -0.2) is 0 Å². The molecular formula is C13H16Cl2N2. The Morgan fingerprint density at radius 1 is 1.29 bits per heavy atom. The van der Waals surface area contributed by atoms with E-state index in [9.17, 15) is 0 Å². The van der Waals surface area contributed by atoms with Gasteiger partial charge in [-0.2, -0.15) is 5.26 Å². The number of halogens is 2. The zero-order valence-electron chi connectivity index (χ0n) is 10.1. The van der Waals surface area contributed by atoms with Crippen molar-refractivity contribution in [2.75, 3.05) is 11.9 Å². The van der Waals surface area contributed by atoms with Crippen molar-refractivity contribution in [1.82, 2.24) is 0 Å². The largest absolute Gasteiger partial charge is 0.382 e. The van der Waals surface area contributed by atoms with Crippen molar-refractivity contribution in [3.8, 4) is 6.07 Å². The lowest BCUT2D eigenvalue weighted by Gasteiger charge is -2.25. The Kier molecular flexibility index (Phi) is 5.11. The molecule has 0 saturated carbocycles. The average molecular weight is 271 g/mol. The zero-order valence-corrected chi connectivity index (χ0v) is 11.6. The molecule has 4 heteroatoms. The number of nitrogens with zero attached hydrogens (tertiary/aromatic N) is 1. The number of nitrogens with one attached hydrogen (secondary N) is 1. The average Bonchev–Trinajstić information content (AvgIpc) is 2.26. The van der Waals surface area contributed by atoms with Gasteiger partial charge in [0.1, 0.15) is 0 Å². The smallest absolute Gasteiger partial charge is 0.0719 e. The van der Waals surface area contributed by atoms with Gasteiger partial charge in [0.15, 0.2) is 0 Å². The highest BCUT2D eigenvalue weighted by atomic mass is 35.5. The Morgan fingerprint density at radius 3 is 2.41 bits per heavy atom. The van der Waals surface area contributed by atoms with Gasteiger partial charge in [0, 0.05) is 13.0 Å². The molecule has 1 rings (SSSR count). The molecule has 1 aromatic carbocycles. The summed E-state index contributed by atoms with van der Waals surface area (Å²) in [4.78, 5) is 0. The van der Waals surface area contributed by atoms with Gasteiger partial charge < -0.3 is 5.32 Å². The number of nitriles is 1. The number of hydrogen-bond donors (Lipinski definition) is 1. The quantitative estimate of drug-likeness (QED) is 0.839. The summed E-state index contributed by atoms with van der Waals surface area (Å²) in [5.41, 5.74) is 0.805. The highest BCUT2D eigenvalue weighted by Crippen LogP contribution is 2.31. The van der Waals surface area contributed by atoms with Crippen LogP contribution in [-0.4, -0.2) is 6.54 Å². The number of hydrogen-bond acceptors (Lipinski definition) is 2. The van der Waals surface area contributed by atoms with E-state index in [1.54, 1.807) is 12.1 Å². The molecule has 0 aliphatic rings. The van der Waals surface area contributed by atoms with E-state index >= 15 is 0 Å². The van der Waals surface area contributed by atoms with Crippen molar-refractivity contribution >= 4 is 28.9 Å². The van der Waals surface area contributed by atoms with Crippen molar-refractivity contribution in [3.63, 3.8) is 0 Å². The summed E-state index contributed by atoms with van der Waals surface area (Å²) in [5, 5.41) is 13.1. The fourth-order valence-corrected chi connectivity index (χ4v) is 2.01. The van der Waals surface area contributed by atoms with Gasteiger partial charge in [0.05, 0.1) is 21.8 Å². The van der Waals surface area contributed by atoms with Crippen molar-refractivity contribution in [3.05, 3.63) is 28.2 Å². The molecule has 0 saturated heterocycles. The van der Waals surface area contributed by atoms with Crippen LogP contribution in [0.25, 0.3) is 0 Å². The van der Waals surface area contributed by atoms with Crippen LogP contribution >= 0.6 is 23.2 Å². The second kappa shape index (κ2) is 6.14. The summed E-state index contributed by atoms with van der Waals surface area (Å²) < 4.78 is 0. The third-order valence-electron chi connectivity index (χ3n) is 2.62. The van der Waals surface area contributed by atoms with Crippen molar-refractivity contribution in [2.24, 2.45) is 5.41 Å². The predicted octanol–water partition coefficient (Wildman–Crippen LogP) is 4.74. The highest BCUT2D eigenvalue weighted by Gasteiger charge is 2.18. The molecule has 0 heterocycles. The van der Waals surface area contributed by atoms with E-state index in [0.29, 0.717) is 16.5 Å². The molecule has 0 spiro atoms. The first kappa shape index (κ1) is 14.2. The number of benzene rings is 1. The molecule has 0 bridgehead atoms. The highest BCUT2D eigenvalue weighted by molar-refractivity contribution is 6.39. The number of anilines is 1. The third-order valence-corrected chi connectivity index (χ3v) is 3.25. The van der Waals surface area contributed by atoms with Gasteiger partial charge in [0.25, 0.3) is 0 Å². The van der Waals surface area contributed by atoms with E-state index in [0.717, 1.165) is 18.7 Å². The van der Waals surface area contributed by atoms with Gasteiger partial charge in [-0.1, -0.05) is 43.1 Å². The Balaban J connectivity index is 2.64.